The lowest BCUT2D eigenvalue weighted by molar-refractivity contribution is 0.645. The van der Waals surface area contributed by atoms with Crippen molar-refractivity contribution in [1.82, 2.24) is 10.3 Å². The van der Waals surface area contributed by atoms with Crippen LogP contribution in [0.2, 0.25) is 5.02 Å². The van der Waals surface area contributed by atoms with Crippen molar-refractivity contribution < 1.29 is 0 Å². The predicted octanol–water partition coefficient (Wildman–Crippen LogP) is 4.28. The summed E-state index contributed by atoms with van der Waals surface area (Å²) in [7, 11) is 0. The molecule has 0 saturated carbocycles. The summed E-state index contributed by atoms with van der Waals surface area (Å²) in [6.07, 6.45) is 5.33. The van der Waals surface area contributed by atoms with Crippen molar-refractivity contribution in [3.63, 3.8) is 0 Å². The second-order valence-corrected chi connectivity index (χ2v) is 6.19. The van der Waals surface area contributed by atoms with Crippen molar-refractivity contribution in [2.45, 2.75) is 32.7 Å². The van der Waals surface area contributed by atoms with Gasteiger partial charge in [-0.2, -0.15) is 0 Å². The summed E-state index contributed by atoms with van der Waals surface area (Å²) in [5.41, 5.74) is 1.25. The highest BCUT2D eigenvalue weighted by molar-refractivity contribution is 7.11. The monoisotopic (exact) mass is 294 g/mol. The number of rotatable bonds is 7. The van der Waals surface area contributed by atoms with Crippen LogP contribution in [0.3, 0.4) is 0 Å². The Bertz CT molecular complexity index is 493. The summed E-state index contributed by atoms with van der Waals surface area (Å²) >= 11 is 7.66. The Labute approximate surface area is 123 Å². The largest absolute Gasteiger partial charge is 0.312 e. The number of nitrogens with zero attached hydrogens (tertiary/aromatic N) is 1. The van der Waals surface area contributed by atoms with Crippen LogP contribution in [0.4, 0.5) is 0 Å². The van der Waals surface area contributed by atoms with E-state index in [0.717, 1.165) is 29.5 Å². The second kappa shape index (κ2) is 7.63. The van der Waals surface area contributed by atoms with Crippen LogP contribution < -0.4 is 5.32 Å². The van der Waals surface area contributed by atoms with Crippen LogP contribution in [0.25, 0.3) is 0 Å². The van der Waals surface area contributed by atoms with Crippen molar-refractivity contribution in [3.8, 4) is 0 Å². The molecule has 102 valence electrons. The van der Waals surface area contributed by atoms with Crippen LogP contribution in [0.15, 0.2) is 30.5 Å². The van der Waals surface area contributed by atoms with Crippen molar-refractivity contribution in [3.05, 3.63) is 50.9 Å². The van der Waals surface area contributed by atoms with Gasteiger partial charge in [-0.25, -0.2) is 4.98 Å². The summed E-state index contributed by atoms with van der Waals surface area (Å²) in [4.78, 5) is 5.78. The number of hydrogen-bond acceptors (Lipinski definition) is 3. The summed E-state index contributed by atoms with van der Waals surface area (Å²) in [5.74, 6) is 0. The molecular weight excluding hydrogens is 276 g/mol. The van der Waals surface area contributed by atoms with Gasteiger partial charge >= 0.3 is 0 Å². The van der Waals surface area contributed by atoms with E-state index in [9.17, 15) is 0 Å². The Balaban J connectivity index is 1.85. The van der Waals surface area contributed by atoms with Crippen LogP contribution in [-0.2, 0) is 13.0 Å². The molecule has 19 heavy (non-hydrogen) atoms. The zero-order valence-corrected chi connectivity index (χ0v) is 12.7. The first-order chi connectivity index (χ1) is 9.28. The van der Waals surface area contributed by atoms with Crippen LogP contribution in [0.1, 0.15) is 35.2 Å². The topological polar surface area (TPSA) is 24.9 Å². The highest BCUT2D eigenvalue weighted by Crippen LogP contribution is 2.18. The van der Waals surface area contributed by atoms with Gasteiger partial charge in [-0.1, -0.05) is 37.1 Å². The molecule has 1 aromatic carbocycles. The molecule has 0 atom stereocenters. The van der Waals surface area contributed by atoms with Crippen molar-refractivity contribution >= 4 is 22.9 Å². The van der Waals surface area contributed by atoms with E-state index < -0.39 is 0 Å². The number of unbranched alkanes of at least 4 members (excludes halogenated alkanes) is 1. The first kappa shape index (κ1) is 14.5. The van der Waals surface area contributed by atoms with Gasteiger partial charge in [0.2, 0.25) is 0 Å². The van der Waals surface area contributed by atoms with Gasteiger partial charge in [-0.3, -0.25) is 0 Å². The highest BCUT2D eigenvalue weighted by atomic mass is 35.5. The van der Waals surface area contributed by atoms with E-state index in [0.29, 0.717) is 0 Å². The van der Waals surface area contributed by atoms with Gasteiger partial charge in [0.05, 0.1) is 5.01 Å². The first-order valence-electron chi connectivity index (χ1n) is 6.66. The molecule has 2 aromatic rings. The van der Waals surface area contributed by atoms with Gasteiger partial charge in [0.15, 0.2) is 0 Å². The van der Waals surface area contributed by atoms with E-state index in [-0.39, 0.29) is 0 Å². The molecular formula is C15H19ClN2S. The minimum absolute atomic E-state index is 0.781. The lowest BCUT2D eigenvalue weighted by atomic mass is 10.2. The third-order valence-corrected chi connectivity index (χ3v) is 4.13. The highest BCUT2D eigenvalue weighted by Gasteiger charge is 2.03. The molecule has 1 N–H and O–H groups in total. The van der Waals surface area contributed by atoms with Crippen LogP contribution in [0, 0.1) is 0 Å². The van der Waals surface area contributed by atoms with Gasteiger partial charge < -0.3 is 5.32 Å². The van der Waals surface area contributed by atoms with E-state index >= 15 is 0 Å². The molecule has 1 aromatic heterocycles. The average Bonchev–Trinajstić information content (AvgIpc) is 2.85. The fraction of sp³-hybridized carbons (Fsp3) is 0.400. The lowest BCUT2D eigenvalue weighted by Gasteiger charge is -2.00. The van der Waals surface area contributed by atoms with Gasteiger partial charge in [0, 0.05) is 29.1 Å². The van der Waals surface area contributed by atoms with Gasteiger partial charge in [0.1, 0.15) is 0 Å². The third-order valence-electron chi connectivity index (χ3n) is 2.88. The SMILES string of the molecule is CCCCNCc1cnc(Cc2ccc(Cl)cc2)s1. The van der Waals surface area contributed by atoms with Crippen LogP contribution >= 0.6 is 22.9 Å². The molecule has 0 unspecified atom stereocenters. The molecule has 0 aliphatic heterocycles. The summed E-state index contributed by atoms with van der Waals surface area (Å²) in [6.45, 7) is 4.22. The molecule has 0 aliphatic rings. The number of benzene rings is 1. The molecule has 0 saturated heterocycles. The maximum atomic E-state index is 5.88. The third kappa shape index (κ3) is 4.94. The normalized spacial score (nSPS) is 10.8. The van der Waals surface area contributed by atoms with E-state index in [1.165, 1.54) is 23.3 Å². The molecule has 4 heteroatoms. The van der Waals surface area contributed by atoms with Crippen LogP contribution in [0.5, 0.6) is 0 Å². The standard InChI is InChI=1S/C15H19ClN2S/c1-2-3-8-17-10-14-11-18-15(19-14)9-12-4-6-13(16)7-5-12/h4-7,11,17H,2-3,8-10H2,1H3. The maximum Gasteiger partial charge on any atom is 0.0971 e. The van der Waals surface area contributed by atoms with E-state index in [1.54, 1.807) is 11.3 Å². The second-order valence-electron chi connectivity index (χ2n) is 4.55. The Hall–Kier alpha value is -0.900. The Morgan fingerprint density at radius 3 is 2.79 bits per heavy atom. The zero-order chi connectivity index (χ0) is 13.5. The number of nitrogens with one attached hydrogen (secondary N) is 1. The summed E-state index contributed by atoms with van der Waals surface area (Å²) < 4.78 is 0. The average molecular weight is 295 g/mol. The Morgan fingerprint density at radius 1 is 1.26 bits per heavy atom. The Morgan fingerprint density at radius 2 is 2.05 bits per heavy atom. The first-order valence-corrected chi connectivity index (χ1v) is 7.86. The fourth-order valence-corrected chi connectivity index (χ4v) is 2.85. The van der Waals surface area contributed by atoms with E-state index in [2.05, 4.69) is 29.4 Å². The molecule has 1 heterocycles. The van der Waals surface area contributed by atoms with Gasteiger partial charge in [-0.05, 0) is 30.7 Å². The molecule has 0 amide bonds. The van der Waals surface area contributed by atoms with Crippen molar-refractivity contribution in [2.75, 3.05) is 6.54 Å². The van der Waals surface area contributed by atoms with Crippen molar-refractivity contribution in [2.24, 2.45) is 0 Å². The van der Waals surface area contributed by atoms with Crippen molar-refractivity contribution in [1.29, 1.82) is 0 Å². The van der Waals surface area contributed by atoms with Gasteiger partial charge in [-0.15, -0.1) is 11.3 Å². The molecule has 0 bridgehead atoms. The molecule has 0 radical (unpaired) electrons. The fourth-order valence-electron chi connectivity index (χ4n) is 1.80. The summed E-state index contributed by atoms with van der Waals surface area (Å²) in [5, 5.41) is 5.38. The van der Waals surface area contributed by atoms with Crippen LogP contribution in [-0.4, -0.2) is 11.5 Å². The predicted molar refractivity (Wildman–Crippen MR) is 83.0 cm³/mol. The molecule has 0 spiro atoms. The zero-order valence-electron chi connectivity index (χ0n) is 11.2. The number of aromatic nitrogens is 1. The molecule has 2 nitrogen and oxygen atoms in total. The molecule has 0 fully saturated rings. The lowest BCUT2D eigenvalue weighted by Crippen LogP contribution is -2.13. The summed E-state index contributed by atoms with van der Waals surface area (Å²) in [6, 6.07) is 7.97. The smallest absolute Gasteiger partial charge is 0.0971 e. The quantitative estimate of drug-likeness (QED) is 0.771. The van der Waals surface area contributed by atoms with E-state index in [1.807, 2.05) is 18.3 Å². The molecule has 2 rings (SSSR count). The van der Waals surface area contributed by atoms with Gasteiger partial charge in [0.25, 0.3) is 0 Å². The molecule has 0 aliphatic carbocycles. The number of hydrogen-bond donors (Lipinski definition) is 1. The minimum atomic E-state index is 0.781. The minimum Gasteiger partial charge on any atom is -0.312 e. The number of thiazole rings is 1. The number of halogens is 1. The van der Waals surface area contributed by atoms with E-state index in [4.69, 9.17) is 11.6 Å². The Kier molecular flexibility index (Phi) is 5.83. The maximum absolute atomic E-state index is 5.88.